The van der Waals surface area contributed by atoms with Gasteiger partial charge in [-0.25, -0.2) is 19.2 Å². The Hall–Kier alpha value is -2.32. The number of rotatable bonds is 3. The number of hydrogen-bond donors (Lipinski definition) is 2. The Morgan fingerprint density at radius 2 is 2.09 bits per heavy atom. The quantitative estimate of drug-likeness (QED) is 0.718. The largest absolute Gasteiger partial charge is 0.388 e. The lowest BCUT2D eigenvalue weighted by Gasteiger charge is -2.10. The first-order chi connectivity index (χ1) is 10.8. The van der Waals surface area contributed by atoms with Gasteiger partial charge in [-0.05, 0) is 25.0 Å². The maximum absolute atomic E-state index is 10.6. The van der Waals surface area contributed by atoms with Crippen molar-refractivity contribution >= 4 is 5.65 Å². The molecule has 8 heteroatoms. The molecule has 114 valence electrons. The summed E-state index contributed by atoms with van der Waals surface area (Å²) in [6.45, 7) is 0.603. The van der Waals surface area contributed by atoms with Crippen LogP contribution in [0.25, 0.3) is 5.65 Å². The van der Waals surface area contributed by atoms with Gasteiger partial charge in [0, 0.05) is 13.0 Å². The SMILES string of the molecule is OCc1nc2cccc(C(O)c3nc4n(n3)CCCC4)n2n1. The molecule has 0 aromatic carbocycles. The molecule has 3 aromatic heterocycles. The Bertz CT molecular complexity index is 800. The number of aromatic nitrogens is 6. The highest BCUT2D eigenvalue weighted by Gasteiger charge is 2.23. The van der Waals surface area contributed by atoms with Gasteiger partial charge in [0.25, 0.3) is 0 Å². The van der Waals surface area contributed by atoms with E-state index in [-0.39, 0.29) is 6.61 Å². The summed E-state index contributed by atoms with van der Waals surface area (Å²) in [5.74, 6) is 1.62. The van der Waals surface area contributed by atoms with Gasteiger partial charge in [-0.3, -0.25) is 0 Å². The lowest BCUT2D eigenvalue weighted by atomic mass is 10.2. The van der Waals surface area contributed by atoms with Crippen molar-refractivity contribution in [1.29, 1.82) is 0 Å². The number of hydrogen-bond acceptors (Lipinski definition) is 6. The van der Waals surface area contributed by atoms with Crippen LogP contribution in [0.1, 0.15) is 42.1 Å². The average molecular weight is 300 g/mol. The Labute approximate surface area is 126 Å². The van der Waals surface area contributed by atoms with Crippen LogP contribution < -0.4 is 0 Å². The van der Waals surface area contributed by atoms with E-state index >= 15 is 0 Å². The topological polar surface area (TPSA) is 101 Å². The zero-order valence-electron chi connectivity index (χ0n) is 11.9. The van der Waals surface area contributed by atoms with Crippen LogP contribution in [0.4, 0.5) is 0 Å². The third-order valence-electron chi connectivity index (χ3n) is 3.88. The van der Waals surface area contributed by atoms with Crippen LogP contribution >= 0.6 is 0 Å². The van der Waals surface area contributed by atoms with Gasteiger partial charge < -0.3 is 10.2 Å². The molecule has 4 heterocycles. The minimum Gasteiger partial charge on any atom is -0.388 e. The van der Waals surface area contributed by atoms with Crippen molar-refractivity contribution < 1.29 is 10.2 Å². The van der Waals surface area contributed by atoms with Crippen molar-refractivity contribution in [2.24, 2.45) is 0 Å². The van der Waals surface area contributed by atoms with Crippen molar-refractivity contribution in [2.45, 2.75) is 38.5 Å². The fourth-order valence-electron chi connectivity index (χ4n) is 2.79. The highest BCUT2D eigenvalue weighted by Crippen LogP contribution is 2.22. The standard InChI is InChI=1S/C14H16N6O2/c21-8-10-15-12-6-3-4-9(20(12)17-10)13(22)14-16-11-5-1-2-7-19(11)18-14/h3-4,6,13,21-22H,1-2,5,7-8H2. The molecule has 0 aliphatic carbocycles. The molecule has 0 bridgehead atoms. The van der Waals surface area contributed by atoms with Crippen LogP contribution in [0.3, 0.4) is 0 Å². The van der Waals surface area contributed by atoms with E-state index in [1.165, 1.54) is 4.52 Å². The van der Waals surface area contributed by atoms with E-state index in [0.29, 0.717) is 23.0 Å². The molecule has 8 nitrogen and oxygen atoms in total. The second-order valence-corrected chi connectivity index (χ2v) is 5.38. The van der Waals surface area contributed by atoms with Crippen LogP contribution in [0, 0.1) is 0 Å². The molecular weight excluding hydrogens is 284 g/mol. The highest BCUT2D eigenvalue weighted by atomic mass is 16.3. The molecule has 0 radical (unpaired) electrons. The van der Waals surface area contributed by atoms with E-state index in [0.717, 1.165) is 31.6 Å². The van der Waals surface area contributed by atoms with Crippen molar-refractivity contribution in [2.75, 3.05) is 0 Å². The molecule has 0 saturated heterocycles. The summed E-state index contributed by atoms with van der Waals surface area (Å²) in [5.41, 5.74) is 1.11. The summed E-state index contributed by atoms with van der Waals surface area (Å²) < 4.78 is 3.39. The molecule has 0 amide bonds. The van der Waals surface area contributed by atoms with E-state index in [2.05, 4.69) is 20.2 Å². The molecule has 1 aliphatic rings. The second-order valence-electron chi connectivity index (χ2n) is 5.38. The van der Waals surface area contributed by atoms with E-state index in [1.54, 1.807) is 18.2 Å². The summed E-state index contributed by atoms with van der Waals surface area (Å²) in [6, 6.07) is 5.32. The molecule has 0 spiro atoms. The third kappa shape index (κ3) is 2.08. The molecule has 0 saturated carbocycles. The molecule has 2 N–H and O–H groups in total. The molecule has 0 fully saturated rings. The van der Waals surface area contributed by atoms with E-state index in [9.17, 15) is 5.11 Å². The predicted molar refractivity (Wildman–Crippen MR) is 75.9 cm³/mol. The minimum atomic E-state index is -0.977. The molecule has 1 unspecified atom stereocenters. The van der Waals surface area contributed by atoms with Gasteiger partial charge in [-0.1, -0.05) is 6.07 Å². The molecular formula is C14H16N6O2. The zero-order chi connectivity index (χ0) is 15.1. The first-order valence-corrected chi connectivity index (χ1v) is 7.33. The van der Waals surface area contributed by atoms with Crippen molar-refractivity contribution in [1.82, 2.24) is 29.4 Å². The van der Waals surface area contributed by atoms with Gasteiger partial charge in [0.1, 0.15) is 12.4 Å². The lowest BCUT2D eigenvalue weighted by molar-refractivity contribution is 0.201. The highest BCUT2D eigenvalue weighted by molar-refractivity contribution is 5.40. The monoisotopic (exact) mass is 300 g/mol. The minimum absolute atomic E-state index is 0.242. The van der Waals surface area contributed by atoms with Gasteiger partial charge in [-0.2, -0.15) is 5.10 Å². The Morgan fingerprint density at radius 3 is 2.91 bits per heavy atom. The first-order valence-electron chi connectivity index (χ1n) is 7.33. The van der Waals surface area contributed by atoms with Crippen LogP contribution in [0.15, 0.2) is 18.2 Å². The number of fused-ring (bicyclic) bond motifs is 2. The predicted octanol–water partition coefficient (Wildman–Crippen LogP) is 0.231. The Balaban J connectivity index is 1.77. The van der Waals surface area contributed by atoms with Crippen LogP contribution in [0.2, 0.25) is 0 Å². The van der Waals surface area contributed by atoms with E-state index in [1.807, 2.05) is 4.68 Å². The lowest BCUT2D eigenvalue weighted by Crippen LogP contribution is -2.12. The Kier molecular flexibility index (Phi) is 3.12. The molecule has 1 atom stereocenters. The maximum atomic E-state index is 10.6. The summed E-state index contributed by atoms with van der Waals surface area (Å²) in [7, 11) is 0. The Morgan fingerprint density at radius 1 is 1.18 bits per heavy atom. The average Bonchev–Trinajstić information content (AvgIpc) is 3.16. The van der Waals surface area contributed by atoms with Gasteiger partial charge >= 0.3 is 0 Å². The van der Waals surface area contributed by atoms with E-state index < -0.39 is 6.10 Å². The number of pyridine rings is 1. The summed E-state index contributed by atoms with van der Waals surface area (Å²) in [5, 5.41) is 28.4. The first kappa shape index (κ1) is 13.4. The molecule has 4 rings (SSSR count). The van der Waals surface area contributed by atoms with Crippen LogP contribution in [0.5, 0.6) is 0 Å². The van der Waals surface area contributed by atoms with Gasteiger partial charge in [0.2, 0.25) is 0 Å². The van der Waals surface area contributed by atoms with Crippen molar-refractivity contribution in [3.8, 4) is 0 Å². The molecule has 1 aliphatic heterocycles. The fraction of sp³-hybridized carbons (Fsp3) is 0.429. The van der Waals surface area contributed by atoms with Crippen LogP contribution in [-0.2, 0) is 19.6 Å². The van der Waals surface area contributed by atoms with Gasteiger partial charge in [-0.15, -0.1) is 5.10 Å². The normalized spacial score (nSPS) is 15.9. The van der Waals surface area contributed by atoms with Gasteiger partial charge in [0.15, 0.2) is 23.4 Å². The smallest absolute Gasteiger partial charge is 0.185 e. The summed E-state index contributed by atoms with van der Waals surface area (Å²) >= 11 is 0. The van der Waals surface area contributed by atoms with Crippen molar-refractivity contribution in [3.05, 3.63) is 41.4 Å². The summed E-state index contributed by atoms with van der Waals surface area (Å²) in [6.07, 6.45) is 2.11. The van der Waals surface area contributed by atoms with Crippen molar-refractivity contribution in [3.63, 3.8) is 0 Å². The summed E-state index contributed by atoms with van der Waals surface area (Å²) in [4.78, 5) is 8.63. The van der Waals surface area contributed by atoms with Crippen LogP contribution in [-0.4, -0.2) is 39.6 Å². The van der Waals surface area contributed by atoms with E-state index in [4.69, 9.17) is 5.11 Å². The number of aryl methyl sites for hydroxylation is 2. The number of nitrogens with zero attached hydrogens (tertiary/aromatic N) is 6. The second kappa shape index (κ2) is 5.15. The number of aliphatic hydroxyl groups is 2. The molecule has 22 heavy (non-hydrogen) atoms. The fourth-order valence-corrected chi connectivity index (χ4v) is 2.79. The molecule has 3 aromatic rings. The maximum Gasteiger partial charge on any atom is 0.185 e. The third-order valence-corrected chi connectivity index (χ3v) is 3.88. The van der Waals surface area contributed by atoms with Gasteiger partial charge in [0.05, 0.1) is 5.69 Å². The zero-order valence-corrected chi connectivity index (χ0v) is 11.9. The number of aliphatic hydroxyl groups excluding tert-OH is 2.